The molecule has 0 spiro atoms. The largest absolute Gasteiger partial charge is 0.469 e. The van der Waals surface area contributed by atoms with Crippen molar-refractivity contribution < 1.29 is 14.3 Å². The lowest BCUT2D eigenvalue weighted by molar-refractivity contribution is -0.140. The summed E-state index contributed by atoms with van der Waals surface area (Å²) in [6.45, 7) is 2.20. The maximum atomic E-state index is 11.9. The minimum atomic E-state index is -0.113. The maximum Gasteiger partial charge on any atom is 0.305 e. The van der Waals surface area contributed by atoms with Gasteiger partial charge in [0.05, 0.1) is 7.11 Å². The Kier molecular flexibility index (Phi) is 8.56. The first-order chi connectivity index (χ1) is 9.69. The summed E-state index contributed by atoms with van der Waals surface area (Å²) in [6, 6.07) is 0. The number of hydrogen-bond acceptors (Lipinski definition) is 3. The maximum absolute atomic E-state index is 11.9. The summed E-state index contributed by atoms with van der Waals surface area (Å²) in [5.74, 6) is 1.33. The van der Waals surface area contributed by atoms with Gasteiger partial charge in [-0.25, -0.2) is 0 Å². The lowest BCUT2D eigenvalue weighted by Crippen LogP contribution is -2.15. The Labute approximate surface area is 123 Å². The summed E-state index contributed by atoms with van der Waals surface area (Å²) >= 11 is 0. The van der Waals surface area contributed by atoms with Crippen LogP contribution in [0.15, 0.2) is 0 Å². The number of unbranched alkanes of at least 4 members (excludes halogenated alkanes) is 4. The van der Waals surface area contributed by atoms with E-state index in [9.17, 15) is 9.59 Å². The van der Waals surface area contributed by atoms with E-state index in [1.54, 1.807) is 0 Å². The molecular weight excluding hydrogens is 252 g/mol. The van der Waals surface area contributed by atoms with Gasteiger partial charge < -0.3 is 4.74 Å². The number of rotatable bonds is 10. The lowest BCUT2D eigenvalue weighted by Gasteiger charge is -2.18. The Morgan fingerprint density at radius 1 is 1.15 bits per heavy atom. The zero-order chi connectivity index (χ0) is 14.8. The van der Waals surface area contributed by atoms with Gasteiger partial charge in [-0.05, 0) is 31.6 Å². The quantitative estimate of drug-likeness (QED) is 0.443. The standard InChI is InChI=1S/C17H30O3/c1-3-4-6-10-15-14(12-13-16(15)18)9-7-5-8-11-17(19)20-2/h14-15H,3-13H2,1-2H3/t14-,15-/m0/s1. The fraction of sp³-hybridized carbons (Fsp3) is 0.882. The van der Waals surface area contributed by atoms with E-state index in [4.69, 9.17) is 0 Å². The Hall–Kier alpha value is -0.860. The van der Waals surface area contributed by atoms with Gasteiger partial charge in [0.25, 0.3) is 0 Å². The minimum absolute atomic E-state index is 0.113. The van der Waals surface area contributed by atoms with E-state index >= 15 is 0 Å². The average molecular weight is 282 g/mol. The first-order valence-corrected chi connectivity index (χ1v) is 8.28. The van der Waals surface area contributed by atoms with Crippen LogP contribution in [0.1, 0.15) is 77.6 Å². The molecule has 0 bridgehead atoms. The molecule has 0 radical (unpaired) electrons. The van der Waals surface area contributed by atoms with Gasteiger partial charge in [-0.1, -0.05) is 39.0 Å². The predicted molar refractivity (Wildman–Crippen MR) is 80.5 cm³/mol. The van der Waals surface area contributed by atoms with Crippen LogP contribution in [-0.4, -0.2) is 18.9 Å². The van der Waals surface area contributed by atoms with Gasteiger partial charge in [0, 0.05) is 18.8 Å². The first kappa shape index (κ1) is 17.2. The lowest BCUT2D eigenvalue weighted by atomic mass is 9.86. The molecule has 2 atom stereocenters. The molecule has 116 valence electrons. The van der Waals surface area contributed by atoms with Crippen molar-refractivity contribution in [1.29, 1.82) is 0 Å². The van der Waals surface area contributed by atoms with Crippen molar-refractivity contribution in [3.8, 4) is 0 Å². The SMILES string of the molecule is CCCCC[C@@H]1C(=O)CC[C@@H]1CCCCCC(=O)OC. The van der Waals surface area contributed by atoms with Crippen LogP contribution in [0.5, 0.6) is 0 Å². The van der Waals surface area contributed by atoms with Crippen molar-refractivity contribution in [2.24, 2.45) is 11.8 Å². The summed E-state index contributed by atoms with van der Waals surface area (Å²) < 4.78 is 4.63. The predicted octanol–water partition coefficient (Wildman–Crippen LogP) is 4.29. The summed E-state index contributed by atoms with van der Waals surface area (Å²) in [4.78, 5) is 22.9. The highest BCUT2D eigenvalue weighted by Crippen LogP contribution is 2.36. The Balaban J connectivity index is 2.17. The number of hydrogen-bond donors (Lipinski definition) is 0. The number of methoxy groups -OCH3 is 1. The van der Waals surface area contributed by atoms with Gasteiger partial charge in [0.2, 0.25) is 0 Å². The van der Waals surface area contributed by atoms with Crippen LogP contribution < -0.4 is 0 Å². The fourth-order valence-electron chi connectivity index (χ4n) is 3.29. The molecule has 0 aromatic heterocycles. The average Bonchev–Trinajstić information content (AvgIpc) is 2.79. The van der Waals surface area contributed by atoms with Crippen LogP contribution in [0.3, 0.4) is 0 Å². The van der Waals surface area contributed by atoms with Crippen molar-refractivity contribution in [1.82, 2.24) is 0 Å². The molecule has 1 rings (SSSR count). The summed E-state index contributed by atoms with van der Waals surface area (Å²) in [6.07, 6.45) is 11.5. The highest BCUT2D eigenvalue weighted by molar-refractivity contribution is 5.83. The molecule has 0 aromatic rings. The van der Waals surface area contributed by atoms with Crippen LogP contribution in [-0.2, 0) is 14.3 Å². The summed E-state index contributed by atoms with van der Waals surface area (Å²) in [5.41, 5.74) is 0. The van der Waals surface area contributed by atoms with Crippen molar-refractivity contribution in [2.45, 2.75) is 77.6 Å². The van der Waals surface area contributed by atoms with Crippen LogP contribution in [0.2, 0.25) is 0 Å². The van der Waals surface area contributed by atoms with Crippen molar-refractivity contribution in [3.63, 3.8) is 0 Å². The monoisotopic (exact) mass is 282 g/mol. The van der Waals surface area contributed by atoms with Crippen LogP contribution in [0.25, 0.3) is 0 Å². The van der Waals surface area contributed by atoms with E-state index in [0.717, 1.165) is 44.9 Å². The van der Waals surface area contributed by atoms with Crippen LogP contribution in [0, 0.1) is 11.8 Å². The van der Waals surface area contributed by atoms with E-state index in [1.807, 2.05) is 0 Å². The van der Waals surface area contributed by atoms with E-state index in [0.29, 0.717) is 24.0 Å². The molecule has 1 aliphatic rings. The molecule has 0 amide bonds. The smallest absolute Gasteiger partial charge is 0.305 e. The molecule has 0 unspecified atom stereocenters. The second-order valence-electron chi connectivity index (χ2n) is 6.04. The highest BCUT2D eigenvalue weighted by Gasteiger charge is 2.33. The van der Waals surface area contributed by atoms with Gasteiger partial charge in [-0.15, -0.1) is 0 Å². The van der Waals surface area contributed by atoms with E-state index < -0.39 is 0 Å². The Bertz CT molecular complexity index is 299. The second kappa shape index (κ2) is 9.95. The molecule has 0 aromatic carbocycles. The minimum Gasteiger partial charge on any atom is -0.469 e. The molecule has 1 fully saturated rings. The van der Waals surface area contributed by atoms with Crippen molar-refractivity contribution in [3.05, 3.63) is 0 Å². The van der Waals surface area contributed by atoms with Gasteiger partial charge >= 0.3 is 5.97 Å². The summed E-state index contributed by atoms with van der Waals surface area (Å²) in [5, 5.41) is 0. The molecule has 3 nitrogen and oxygen atoms in total. The van der Waals surface area contributed by atoms with Crippen molar-refractivity contribution >= 4 is 11.8 Å². The number of carbonyl (C=O) groups excluding carboxylic acids is 2. The van der Waals surface area contributed by atoms with Gasteiger partial charge in [0.15, 0.2) is 0 Å². The Morgan fingerprint density at radius 3 is 2.60 bits per heavy atom. The molecular formula is C17H30O3. The molecule has 0 N–H and O–H groups in total. The number of esters is 1. The van der Waals surface area contributed by atoms with E-state index in [2.05, 4.69) is 11.7 Å². The zero-order valence-corrected chi connectivity index (χ0v) is 13.2. The number of ketones is 1. The molecule has 20 heavy (non-hydrogen) atoms. The zero-order valence-electron chi connectivity index (χ0n) is 13.2. The fourth-order valence-corrected chi connectivity index (χ4v) is 3.29. The van der Waals surface area contributed by atoms with Gasteiger partial charge in [0.1, 0.15) is 5.78 Å². The number of carbonyl (C=O) groups is 2. The second-order valence-corrected chi connectivity index (χ2v) is 6.04. The topological polar surface area (TPSA) is 43.4 Å². The number of ether oxygens (including phenoxy) is 1. The summed E-state index contributed by atoms with van der Waals surface area (Å²) in [7, 11) is 1.44. The molecule has 0 aliphatic heterocycles. The normalized spacial score (nSPS) is 22.2. The van der Waals surface area contributed by atoms with E-state index in [-0.39, 0.29) is 5.97 Å². The molecule has 1 saturated carbocycles. The molecule has 3 heteroatoms. The number of Topliss-reactive ketones (excluding diaryl/α,β-unsaturated/α-hetero) is 1. The van der Waals surface area contributed by atoms with E-state index in [1.165, 1.54) is 26.4 Å². The van der Waals surface area contributed by atoms with Gasteiger partial charge in [-0.3, -0.25) is 9.59 Å². The third kappa shape index (κ3) is 6.06. The molecule has 1 aliphatic carbocycles. The third-order valence-electron chi connectivity index (χ3n) is 4.55. The first-order valence-electron chi connectivity index (χ1n) is 8.28. The van der Waals surface area contributed by atoms with Crippen LogP contribution in [0.4, 0.5) is 0 Å². The molecule has 0 heterocycles. The van der Waals surface area contributed by atoms with Crippen LogP contribution >= 0.6 is 0 Å². The molecule has 0 saturated heterocycles. The third-order valence-corrected chi connectivity index (χ3v) is 4.55. The highest BCUT2D eigenvalue weighted by atomic mass is 16.5. The van der Waals surface area contributed by atoms with Gasteiger partial charge in [-0.2, -0.15) is 0 Å². The Morgan fingerprint density at radius 2 is 1.90 bits per heavy atom. The van der Waals surface area contributed by atoms with Crippen molar-refractivity contribution in [2.75, 3.05) is 7.11 Å².